The van der Waals surface area contributed by atoms with E-state index in [9.17, 15) is 9.59 Å². The van der Waals surface area contributed by atoms with Crippen LogP contribution in [0.5, 0.6) is 0 Å². The number of benzene rings is 1. The van der Waals surface area contributed by atoms with E-state index in [2.05, 4.69) is 5.32 Å². The highest BCUT2D eigenvalue weighted by Gasteiger charge is 2.15. The fraction of sp³-hybridized carbons (Fsp3) is 0.429. The molecule has 0 saturated carbocycles. The van der Waals surface area contributed by atoms with Gasteiger partial charge in [0.05, 0.1) is 5.56 Å². The Bertz CT molecular complexity index is 429. The smallest absolute Gasteiger partial charge is 0.335 e. The number of hydrogen-bond acceptors (Lipinski definition) is 2. The van der Waals surface area contributed by atoms with Crippen LogP contribution in [0.15, 0.2) is 24.3 Å². The van der Waals surface area contributed by atoms with Gasteiger partial charge >= 0.3 is 5.97 Å². The van der Waals surface area contributed by atoms with Gasteiger partial charge in [0.15, 0.2) is 0 Å². The first kappa shape index (κ1) is 14.2. The van der Waals surface area contributed by atoms with Crippen LogP contribution in [0.25, 0.3) is 0 Å². The molecule has 0 aromatic heterocycles. The molecular weight excluding hydrogens is 230 g/mol. The highest BCUT2D eigenvalue weighted by atomic mass is 16.4. The Hall–Kier alpha value is -1.84. The van der Waals surface area contributed by atoms with E-state index < -0.39 is 5.97 Å². The Morgan fingerprint density at radius 2 is 1.72 bits per heavy atom. The van der Waals surface area contributed by atoms with Crippen LogP contribution < -0.4 is 5.32 Å². The fourth-order valence-corrected chi connectivity index (χ4v) is 1.51. The van der Waals surface area contributed by atoms with Crippen molar-refractivity contribution in [1.82, 2.24) is 5.32 Å². The van der Waals surface area contributed by atoms with Gasteiger partial charge in [-0.25, -0.2) is 4.79 Å². The predicted molar refractivity (Wildman–Crippen MR) is 69.3 cm³/mol. The molecule has 0 radical (unpaired) electrons. The van der Waals surface area contributed by atoms with Gasteiger partial charge in [-0.15, -0.1) is 0 Å². The molecule has 2 N–H and O–H groups in total. The average molecular weight is 249 g/mol. The van der Waals surface area contributed by atoms with Crippen molar-refractivity contribution in [2.75, 3.05) is 0 Å². The Balaban J connectivity index is 2.49. The van der Waals surface area contributed by atoms with E-state index >= 15 is 0 Å². The quantitative estimate of drug-likeness (QED) is 0.861. The monoisotopic (exact) mass is 249 g/mol. The van der Waals surface area contributed by atoms with E-state index in [4.69, 9.17) is 5.11 Å². The first-order valence-corrected chi connectivity index (χ1v) is 5.87. The summed E-state index contributed by atoms with van der Waals surface area (Å²) in [4.78, 5) is 22.3. The third kappa shape index (κ3) is 4.99. The molecule has 4 nitrogen and oxygen atoms in total. The summed E-state index contributed by atoms with van der Waals surface area (Å²) in [6.45, 7) is 6.45. The second-order valence-corrected chi connectivity index (χ2v) is 5.52. The summed E-state index contributed by atoms with van der Waals surface area (Å²) in [5.74, 6) is -0.942. The van der Waals surface area contributed by atoms with Gasteiger partial charge in [-0.1, -0.05) is 32.9 Å². The minimum absolute atomic E-state index is 0.00445. The summed E-state index contributed by atoms with van der Waals surface area (Å²) >= 11 is 0. The molecule has 0 aliphatic carbocycles. The molecular formula is C14H19NO3. The van der Waals surface area contributed by atoms with Crippen molar-refractivity contribution in [3.05, 3.63) is 35.4 Å². The van der Waals surface area contributed by atoms with Crippen molar-refractivity contribution >= 4 is 11.9 Å². The highest BCUT2D eigenvalue weighted by molar-refractivity contribution is 5.87. The van der Waals surface area contributed by atoms with Crippen LogP contribution in [0.2, 0.25) is 0 Å². The number of carbonyl (C=O) groups excluding carboxylic acids is 1. The van der Waals surface area contributed by atoms with Gasteiger partial charge in [0.25, 0.3) is 0 Å². The van der Waals surface area contributed by atoms with Gasteiger partial charge in [0, 0.05) is 13.0 Å². The Morgan fingerprint density at radius 3 is 2.17 bits per heavy atom. The van der Waals surface area contributed by atoms with Gasteiger partial charge < -0.3 is 10.4 Å². The lowest BCUT2D eigenvalue weighted by Crippen LogP contribution is -2.27. The van der Waals surface area contributed by atoms with Crippen molar-refractivity contribution in [3.63, 3.8) is 0 Å². The Morgan fingerprint density at radius 1 is 1.17 bits per heavy atom. The zero-order valence-electron chi connectivity index (χ0n) is 11.0. The molecule has 1 aromatic carbocycles. The van der Waals surface area contributed by atoms with Crippen molar-refractivity contribution in [2.45, 2.75) is 33.7 Å². The van der Waals surface area contributed by atoms with E-state index in [1.54, 1.807) is 12.1 Å². The minimum atomic E-state index is -0.946. The van der Waals surface area contributed by atoms with Crippen LogP contribution in [0.1, 0.15) is 43.1 Å². The van der Waals surface area contributed by atoms with Crippen molar-refractivity contribution in [2.24, 2.45) is 5.41 Å². The number of rotatable bonds is 4. The van der Waals surface area contributed by atoms with Crippen molar-refractivity contribution in [3.8, 4) is 0 Å². The number of carboxylic acid groups (broad SMARTS) is 1. The van der Waals surface area contributed by atoms with E-state index in [-0.39, 0.29) is 16.9 Å². The van der Waals surface area contributed by atoms with E-state index in [1.165, 1.54) is 12.1 Å². The third-order valence-electron chi connectivity index (χ3n) is 2.38. The maximum Gasteiger partial charge on any atom is 0.335 e. The summed E-state index contributed by atoms with van der Waals surface area (Å²) in [7, 11) is 0. The van der Waals surface area contributed by atoms with Gasteiger partial charge in [-0.3, -0.25) is 4.79 Å². The normalized spacial score (nSPS) is 11.1. The van der Waals surface area contributed by atoms with Crippen LogP contribution in [-0.4, -0.2) is 17.0 Å². The molecule has 98 valence electrons. The number of aromatic carboxylic acids is 1. The Labute approximate surface area is 107 Å². The third-order valence-corrected chi connectivity index (χ3v) is 2.38. The first-order chi connectivity index (χ1) is 8.28. The van der Waals surface area contributed by atoms with Crippen molar-refractivity contribution < 1.29 is 14.7 Å². The van der Waals surface area contributed by atoms with Crippen LogP contribution >= 0.6 is 0 Å². The van der Waals surface area contributed by atoms with Crippen LogP contribution in [0.4, 0.5) is 0 Å². The number of hydrogen-bond donors (Lipinski definition) is 2. The molecule has 0 atom stereocenters. The van der Waals surface area contributed by atoms with E-state index in [1.807, 2.05) is 20.8 Å². The molecule has 0 heterocycles. The van der Waals surface area contributed by atoms with Crippen molar-refractivity contribution in [1.29, 1.82) is 0 Å². The largest absolute Gasteiger partial charge is 0.478 e. The predicted octanol–water partition coefficient (Wildman–Crippen LogP) is 2.44. The second-order valence-electron chi connectivity index (χ2n) is 5.52. The topological polar surface area (TPSA) is 66.4 Å². The number of nitrogens with one attached hydrogen (secondary N) is 1. The standard InChI is InChI=1S/C14H19NO3/c1-14(2,3)8-12(16)15-9-10-4-6-11(7-5-10)13(17)18/h4-7H,8-9H2,1-3H3,(H,15,16)(H,17,18). The molecule has 1 rings (SSSR count). The first-order valence-electron chi connectivity index (χ1n) is 5.87. The number of carbonyl (C=O) groups is 2. The zero-order chi connectivity index (χ0) is 13.8. The summed E-state index contributed by atoms with van der Waals surface area (Å²) in [5, 5.41) is 11.6. The number of amides is 1. The van der Waals surface area contributed by atoms with Gasteiger partial charge in [-0.05, 0) is 23.1 Å². The molecule has 0 aliphatic heterocycles. The molecule has 1 amide bonds. The summed E-state index contributed by atoms with van der Waals surface area (Å²) in [6, 6.07) is 6.49. The molecule has 0 spiro atoms. The van der Waals surface area contributed by atoms with Gasteiger partial charge in [0.2, 0.25) is 5.91 Å². The average Bonchev–Trinajstić information content (AvgIpc) is 2.24. The van der Waals surface area contributed by atoms with Gasteiger partial charge in [0.1, 0.15) is 0 Å². The SMILES string of the molecule is CC(C)(C)CC(=O)NCc1ccc(C(=O)O)cc1. The van der Waals surface area contributed by atoms with Crippen LogP contribution in [0.3, 0.4) is 0 Å². The summed E-state index contributed by atoms with van der Waals surface area (Å²) < 4.78 is 0. The fourth-order valence-electron chi connectivity index (χ4n) is 1.51. The lowest BCUT2D eigenvalue weighted by molar-refractivity contribution is -0.122. The maximum absolute atomic E-state index is 11.6. The zero-order valence-corrected chi connectivity index (χ0v) is 11.0. The molecule has 0 unspecified atom stereocenters. The molecule has 0 fully saturated rings. The van der Waals surface area contributed by atoms with Crippen LogP contribution in [-0.2, 0) is 11.3 Å². The maximum atomic E-state index is 11.6. The lowest BCUT2D eigenvalue weighted by Gasteiger charge is -2.17. The minimum Gasteiger partial charge on any atom is -0.478 e. The van der Waals surface area contributed by atoms with Gasteiger partial charge in [-0.2, -0.15) is 0 Å². The Kier molecular flexibility index (Phi) is 4.48. The molecule has 0 aliphatic rings. The highest BCUT2D eigenvalue weighted by Crippen LogP contribution is 2.17. The summed E-state index contributed by atoms with van der Waals surface area (Å²) in [6.07, 6.45) is 0.472. The molecule has 4 heteroatoms. The molecule has 18 heavy (non-hydrogen) atoms. The number of carboxylic acids is 1. The molecule has 0 bridgehead atoms. The van der Waals surface area contributed by atoms with Crippen LogP contribution in [0, 0.1) is 5.41 Å². The molecule has 1 aromatic rings. The summed E-state index contributed by atoms with van der Waals surface area (Å²) in [5.41, 5.74) is 1.11. The van der Waals surface area contributed by atoms with E-state index in [0.717, 1.165) is 5.56 Å². The molecule has 0 saturated heterocycles. The van der Waals surface area contributed by atoms with E-state index in [0.29, 0.717) is 13.0 Å². The second kappa shape index (κ2) is 5.67. The lowest BCUT2D eigenvalue weighted by atomic mass is 9.92.